The van der Waals surface area contributed by atoms with E-state index in [4.69, 9.17) is 5.73 Å². The zero-order chi connectivity index (χ0) is 16.3. The summed E-state index contributed by atoms with van der Waals surface area (Å²) >= 11 is 0. The molecular formula is C12H13ClF7NO. The normalized spacial score (nSPS) is 13.7. The Labute approximate surface area is 127 Å². The second-order valence-electron chi connectivity index (χ2n) is 4.26. The zero-order valence-electron chi connectivity index (χ0n) is 10.9. The lowest BCUT2D eigenvalue weighted by molar-refractivity contribution is -0.253. The molecule has 0 unspecified atom stereocenters. The fraction of sp³-hybridized carbons (Fsp3) is 0.500. The van der Waals surface area contributed by atoms with E-state index in [0.29, 0.717) is 0 Å². The maximum absolute atomic E-state index is 12.9. The van der Waals surface area contributed by atoms with Crippen LogP contribution in [-0.2, 0) is 0 Å². The van der Waals surface area contributed by atoms with Crippen LogP contribution in [0.4, 0.5) is 30.7 Å². The van der Waals surface area contributed by atoms with Crippen LogP contribution in [0.15, 0.2) is 24.3 Å². The van der Waals surface area contributed by atoms with Crippen LogP contribution in [0.2, 0.25) is 0 Å². The molecule has 128 valence electrons. The number of hydrogen-bond donors (Lipinski definition) is 1. The van der Waals surface area contributed by atoms with Gasteiger partial charge in [-0.15, -0.1) is 12.4 Å². The van der Waals surface area contributed by atoms with E-state index in [0.717, 1.165) is 12.1 Å². The molecule has 0 saturated heterocycles. The highest BCUT2D eigenvalue weighted by Gasteiger charge is 2.44. The SMILES string of the molecule is Cl.N[C@H](CCC(F)(F)F)c1ccccc1OC(F)(F)C(F)F. The molecule has 0 bridgehead atoms. The van der Waals surface area contributed by atoms with Crippen LogP contribution in [0.5, 0.6) is 5.75 Å². The third-order valence-electron chi connectivity index (χ3n) is 2.56. The standard InChI is InChI=1S/C12H12F7NO.ClH/c13-10(14)12(18,19)21-9-4-2-1-3-7(9)8(20)5-6-11(15,16)17;/h1-4,8,10H,5-6,20H2;1H/t8-;/m1./s1. The Morgan fingerprint density at radius 1 is 1.05 bits per heavy atom. The molecule has 0 aliphatic rings. The van der Waals surface area contributed by atoms with E-state index < -0.39 is 43.3 Å². The Balaban J connectivity index is 0.00000441. The van der Waals surface area contributed by atoms with Crippen molar-refractivity contribution in [2.75, 3.05) is 0 Å². The molecule has 1 aromatic carbocycles. The molecule has 0 aromatic heterocycles. The van der Waals surface area contributed by atoms with Gasteiger partial charge in [0.1, 0.15) is 5.75 Å². The summed E-state index contributed by atoms with van der Waals surface area (Å²) in [5, 5.41) is 0. The van der Waals surface area contributed by atoms with Crippen LogP contribution in [-0.4, -0.2) is 18.7 Å². The summed E-state index contributed by atoms with van der Waals surface area (Å²) in [4.78, 5) is 0. The van der Waals surface area contributed by atoms with Crippen molar-refractivity contribution >= 4 is 12.4 Å². The van der Waals surface area contributed by atoms with Crippen molar-refractivity contribution in [2.24, 2.45) is 5.73 Å². The quantitative estimate of drug-likeness (QED) is 0.751. The molecule has 1 atom stereocenters. The first-order valence-electron chi connectivity index (χ1n) is 5.79. The second-order valence-corrected chi connectivity index (χ2v) is 4.26. The minimum Gasteiger partial charge on any atom is -0.428 e. The molecule has 22 heavy (non-hydrogen) atoms. The number of alkyl halides is 7. The van der Waals surface area contributed by atoms with E-state index >= 15 is 0 Å². The van der Waals surface area contributed by atoms with Crippen LogP contribution < -0.4 is 10.5 Å². The molecule has 10 heteroatoms. The molecule has 0 amide bonds. The molecule has 0 saturated carbocycles. The monoisotopic (exact) mass is 355 g/mol. The third kappa shape index (κ3) is 6.27. The van der Waals surface area contributed by atoms with Gasteiger partial charge in [-0.1, -0.05) is 18.2 Å². The topological polar surface area (TPSA) is 35.2 Å². The number of para-hydroxylation sites is 1. The van der Waals surface area contributed by atoms with Crippen molar-refractivity contribution in [1.29, 1.82) is 0 Å². The first-order valence-corrected chi connectivity index (χ1v) is 5.79. The summed E-state index contributed by atoms with van der Waals surface area (Å²) in [5.74, 6) is -0.669. The molecule has 0 aliphatic carbocycles. The minimum absolute atomic E-state index is 0. The van der Waals surface area contributed by atoms with Gasteiger partial charge in [0.25, 0.3) is 0 Å². The van der Waals surface area contributed by atoms with Gasteiger partial charge in [0.05, 0.1) is 0 Å². The maximum Gasteiger partial charge on any atom is 0.461 e. The Morgan fingerprint density at radius 3 is 2.09 bits per heavy atom. The number of nitrogens with two attached hydrogens (primary N) is 1. The molecule has 1 aromatic rings. The van der Waals surface area contributed by atoms with Gasteiger partial charge in [-0.05, 0) is 12.5 Å². The van der Waals surface area contributed by atoms with Crippen LogP contribution >= 0.6 is 12.4 Å². The predicted molar refractivity (Wildman–Crippen MR) is 67.5 cm³/mol. The summed E-state index contributed by atoms with van der Waals surface area (Å²) in [6.45, 7) is 0. The number of hydrogen-bond acceptors (Lipinski definition) is 2. The Bertz CT molecular complexity index is 467. The summed E-state index contributed by atoms with van der Waals surface area (Å²) in [6.07, 6.45) is -15.1. The highest BCUT2D eigenvalue weighted by Crippen LogP contribution is 2.34. The second kappa shape index (κ2) is 7.87. The summed E-state index contributed by atoms with van der Waals surface area (Å²) in [6, 6.07) is 3.38. The highest BCUT2D eigenvalue weighted by atomic mass is 35.5. The first kappa shape index (κ1) is 20.8. The van der Waals surface area contributed by atoms with E-state index in [1.165, 1.54) is 12.1 Å². The fourth-order valence-electron chi connectivity index (χ4n) is 1.55. The van der Waals surface area contributed by atoms with Gasteiger partial charge < -0.3 is 10.5 Å². The van der Waals surface area contributed by atoms with Gasteiger partial charge >= 0.3 is 18.7 Å². The predicted octanol–water partition coefficient (Wildman–Crippen LogP) is 4.69. The average Bonchev–Trinajstić information content (AvgIpc) is 2.35. The Kier molecular flexibility index (Phi) is 7.43. The van der Waals surface area contributed by atoms with Crippen molar-refractivity contribution in [3.05, 3.63) is 29.8 Å². The van der Waals surface area contributed by atoms with Gasteiger partial charge in [0.2, 0.25) is 0 Å². The lowest BCUT2D eigenvalue weighted by atomic mass is 10.0. The number of ether oxygens (including phenoxy) is 1. The Morgan fingerprint density at radius 2 is 1.59 bits per heavy atom. The number of halogens is 8. The molecule has 2 N–H and O–H groups in total. The molecular weight excluding hydrogens is 343 g/mol. The van der Waals surface area contributed by atoms with Crippen LogP contribution in [0, 0.1) is 0 Å². The molecule has 0 radical (unpaired) electrons. The average molecular weight is 356 g/mol. The van der Waals surface area contributed by atoms with E-state index in [-0.39, 0.29) is 18.0 Å². The summed E-state index contributed by atoms with van der Waals surface area (Å²) in [7, 11) is 0. The lowest BCUT2D eigenvalue weighted by Crippen LogP contribution is -2.34. The van der Waals surface area contributed by atoms with Gasteiger partial charge in [0, 0.05) is 18.0 Å². The van der Waals surface area contributed by atoms with E-state index in [2.05, 4.69) is 4.74 Å². The van der Waals surface area contributed by atoms with Crippen LogP contribution in [0.1, 0.15) is 24.4 Å². The molecule has 2 nitrogen and oxygen atoms in total. The van der Waals surface area contributed by atoms with E-state index in [9.17, 15) is 30.7 Å². The molecule has 0 aliphatic heterocycles. The molecule has 0 spiro atoms. The van der Waals surface area contributed by atoms with Crippen LogP contribution in [0.3, 0.4) is 0 Å². The van der Waals surface area contributed by atoms with E-state index in [1.807, 2.05) is 0 Å². The fourth-order valence-corrected chi connectivity index (χ4v) is 1.55. The molecule has 1 rings (SSSR count). The van der Waals surface area contributed by atoms with Crippen molar-refractivity contribution in [1.82, 2.24) is 0 Å². The smallest absolute Gasteiger partial charge is 0.428 e. The van der Waals surface area contributed by atoms with Crippen molar-refractivity contribution in [3.63, 3.8) is 0 Å². The number of rotatable bonds is 6. The largest absolute Gasteiger partial charge is 0.461 e. The van der Waals surface area contributed by atoms with E-state index in [1.54, 1.807) is 0 Å². The van der Waals surface area contributed by atoms with Gasteiger partial charge in [-0.3, -0.25) is 0 Å². The highest BCUT2D eigenvalue weighted by molar-refractivity contribution is 5.85. The number of benzene rings is 1. The minimum atomic E-state index is -4.75. The zero-order valence-corrected chi connectivity index (χ0v) is 11.7. The van der Waals surface area contributed by atoms with Gasteiger partial charge in [-0.2, -0.15) is 30.7 Å². The third-order valence-corrected chi connectivity index (χ3v) is 2.56. The maximum atomic E-state index is 12.9. The van der Waals surface area contributed by atoms with Gasteiger partial charge in [-0.25, -0.2) is 0 Å². The van der Waals surface area contributed by atoms with Gasteiger partial charge in [0.15, 0.2) is 0 Å². The van der Waals surface area contributed by atoms with Crippen molar-refractivity contribution in [3.8, 4) is 5.75 Å². The van der Waals surface area contributed by atoms with Crippen molar-refractivity contribution < 1.29 is 35.5 Å². The summed E-state index contributed by atoms with van der Waals surface area (Å²) in [5.41, 5.74) is 5.29. The summed E-state index contributed by atoms with van der Waals surface area (Å²) < 4.78 is 90.1. The first-order chi connectivity index (χ1) is 9.53. The van der Waals surface area contributed by atoms with Crippen molar-refractivity contribution in [2.45, 2.75) is 37.6 Å². The molecule has 0 heterocycles. The molecule has 0 fully saturated rings. The van der Waals surface area contributed by atoms with Crippen LogP contribution in [0.25, 0.3) is 0 Å². The Hall–Kier alpha value is -1.22. The lowest BCUT2D eigenvalue weighted by Gasteiger charge is -2.21.